The normalized spacial score (nSPS) is 12.4. The summed E-state index contributed by atoms with van der Waals surface area (Å²) >= 11 is 0. The zero-order valence-corrected chi connectivity index (χ0v) is 37.7. The van der Waals surface area contributed by atoms with Gasteiger partial charge in [0.1, 0.15) is 6.61 Å². The van der Waals surface area contributed by atoms with Crippen LogP contribution in [-0.4, -0.2) is 37.9 Å². The largest absolute Gasteiger partial charge is 0.462 e. The first-order valence-corrected chi connectivity index (χ1v) is 24.5. The molecule has 0 saturated heterocycles. The number of carbonyl (C=O) groups excluding carboxylic acids is 2. The van der Waals surface area contributed by atoms with Crippen LogP contribution in [0.5, 0.6) is 0 Å². The quantitative estimate of drug-likeness (QED) is 0.0349. The van der Waals surface area contributed by atoms with Crippen LogP contribution in [0.4, 0.5) is 0 Å². The SMILES string of the molecule is CCC/C=C\C/C=C\CCCCCCCC(=O)OCC(COCCCCCCCCCCCC/C=C\CCCCCCCC)OC(=O)CCCCCCCCC. The summed E-state index contributed by atoms with van der Waals surface area (Å²) in [7, 11) is 0. The average molecular weight is 787 g/mol. The van der Waals surface area contributed by atoms with Crippen LogP contribution in [0.1, 0.15) is 252 Å². The van der Waals surface area contributed by atoms with E-state index in [2.05, 4.69) is 57.2 Å². The zero-order chi connectivity index (χ0) is 40.7. The predicted molar refractivity (Wildman–Crippen MR) is 242 cm³/mol. The highest BCUT2D eigenvalue weighted by atomic mass is 16.6. The van der Waals surface area contributed by atoms with E-state index in [9.17, 15) is 9.59 Å². The fourth-order valence-electron chi connectivity index (χ4n) is 6.95. The fraction of sp³-hybridized carbons (Fsp3) is 0.843. The molecule has 0 bridgehead atoms. The van der Waals surface area contributed by atoms with Crippen molar-refractivity contribution in [2.24, 2.45) is 0 Å². The van der Waals surface area contributed by atoms with Gasteiger partial charge < -0.3 is 14.2 Å². The van der Waals surface area contributed by atoms with E-state index in [1.807, 2.05) is 0 Å². The number of hydrogen-bond acceptors (Lipinski definition) is 5. The fourth-order valence-corrected chi connectivity index (χ4v) is 6.95. The Morgan fingerprint density at radius 3 is 1.27 bits per heavy atom. The summed E-state index contributed by atoms with van der Waals surface area (Å²) in [5.74, 6) is -0.412. The van der Waals surface area contributed by atoms with E-state index in [4.69, 9.17) is 14.2 Å². The molecule has 0 heterocycles. The number of ether oxygens (including phenoxy) is 3. The van der Waals surface area contributed by atoms with Crippen molar-refractivity contribution in [3.8, 4) is 0 Å². The highest BCUT2D eigenvalue weighted by Gasteiger charge is 2.17. The van der Waals surface area contributed by atoms with Crippen LogP contribution in [0, 0.1) is 0 Å². The molecule has 0 amide bonds. The second-order valence-electron chi connectivity index (χ2n) is 16.4. The first-order valence-electron chi connectivity index (χ1n) is 24.5. The van der Waals surface area contributed by atoms with Crippen molar-refractivity contribution in [2.75, 3.05) is 19.8 Å². The molecule has 0 aromatic heterocycles. The third kappa shape index (κ3) is 44.8. The molecule has 56 heavy (non-hydrogen) atoms. The van der Waals surface area contributed by atoms with Crippen LogP contribution in [-0.2, 0) is 23.8 Å². The minimum absolute atomic E-state index is 0.0809. The van der Waals surface area contributed by atoms with Crippen molar-refractivity contribution in [3.05, 3.63) is 36.5 Å². The molecular weight excluding hydrogens is 693 g/mol. The Labute approximate surface area is 349 Å². The van der Waals surface area contributed by atoms with E-state index >= 15 is 0 Å². The molecule has 5 heteroatoms. The van der Waals surface area contributed by atoms with Gasteiger partial charge in [-0.15, -0.1) is 0 Å². The van der Waals surface area contributed by atoms with Gasteiger partial charge >= 0.3 is 11.9 Å². The van der Waals surface area contributed by atoms with E-state index in [0.717, 1.165) is 57.8 Å². The molecule has 0 aromatic rings. The molecule has 1 unspecified atom stereocenters. The molecule has 0 aliphatic rings. The summed E-state index contributed by atoms with van der Waals surface area (Å²) in [5.41, 5.74) is 0. The van der Waals surface area contributed by atoms with Gasteiger partial charge in [-0.05, 0) is 70.6 Å². The smallest absolute Gasteiger partial charge is 0.306 e. The highest BCUT2D eigenvalue weighted by Crippen LogP contribution is 2.14. The number of esters is 2. The summed E-state index contributed by atoms with van der Waals surface area (Å²) in [6.07, 6.45) is 55.9. The Morgan fingerprint density at radius 1 is 0.393 bits per heavy atom. The molecule has 0 aromatic carbocycles. The van der Waals surface area contributed by atoms with Crippen LogP contribution in [0.25, 0.3) is 0 Å². The summed E-state index contributed by atoms with van der Waals surface area (Å²) < 4.78 is 17.3. The van der Waals surface area contributed by atoms with Crippen molar-refractivity contribution < 1.29 is 23.8 Å². The van der Waals surface area contributed by atoms with Gasteiger partial charge in [0.15, 0.2) is 6.10 Å². The first kappa shape index (κ1) is 54.1. The van der Waals surface area contributed by atoms with Crippen LogP contribution in [0.15, 0.2) is 36.5 Å². The van der Waals surface area contributed by atoms with Crippen molar-refractivity contribution in [3.63, 3.8) is 0 Å². The van der Waals surface area contributed by atoms with Gasteiger partial charge in [0.05, 0.1) is 6.61 Å². The van der Waals surface area contributed by atoms with Crippen LogP contribution < -0.4 is 0 Å². The van der Waals surface area contributed by atoms with E-state index < -0.39 is 6.10 Å². The molecule has 0 aliphatic carbocycles. The van der Waals surface area contributed by atoms with Gasteiger partial charge in [0.2, 0.25) is 0 Å². The number of rotatable bonds is 45. The molecule has 0 rings (SSSR count). The maximum atomic E-state index is 12.6. The van der Waals surface area contributed by atoms with Crippen LogP contribution >= 0.6 is 0 Å². The molecule has 0 saturated carbocycles. The number of unbranched alkanes of at least 4 members (excludes halogenated alkanes) is 28. The third-order valence-corrected chi connectivity index (χ3v) is 10.6. The topological polar surface area (TPSA) is 61.8 Å². The molecule has 0 spiro atoms. The number of carbonyl (C=O) groups is 2. The summed E-state index contributed by atoms with van der Waals surface area (Å²) in [6.45, 7) is 7.73. The molecule has 5 nitrogen and oxygen atoms in total. The Morgan fingerprint density at radius 2 is 0.786 bits per heavy atom. The Kier molecular flexibility index (Phi) is 45.9. The molecule has 1 atom stereocenters. The van der Waals surface area contributed by atoms with Crippen molar-refractivity contribution >= 4 is 11.9 Å². The first-order chi connectivity index (χ1) is 27.6. The van der Waals surface area contributed by atoms with Crippen molar-refractivity contribution in [2.45, 2.75) is 258 Å². The standard InChI is InChI=1S/C51H94O5/c1-4-7-10-13-16-18-20-22-23-24-25-26-27-28-30-32-34-37-40-43-46-54-47-49(56-51(53)45-42-39-35-15-12-9-6-3)48-55-50(52)44-41-38-36-33-31-29-21-19-17-14-11-8-5-2/h11,14,19,21-23,49H,4-10,12-13,15-18,20,24-48H2,1-3H3/b14-11-,21-19-,23-22-. The van der Waals surface area contributed by atoms with E-state index in [1.54, 1.807) is 0 Å². The van der Waals surface area contributed by atoms with Gasteiger partial charge in [-0.2, -0.15) is 0 Å². The van der Waals surface area contributed by atoms with Crippen LogP contribution in [0.2, 0.25) is 0 Å². The molecule has 0 radical (unpaired) electrons. The number of hydrogen-bond donors (Lipinski definition) is 0. The van der Waals surface area contributed by atoms with Gasteiger partial charge in [-0.3, -0.25) is 9.59 Å². The summed E-state index contributed by atoms with van der Waals surface area (Å²) in [5, 5.41) is 0. The molecule has 0 N–H and O–H groups in total. The van der Waals surface area contributed by atoms with E-state index in [-0.39, 0.29) is 25.2 Å². The molecule has 328 valence electrons. The molecular formula is C51H94O5. The average Bonchev–Trinajstić information content (AvgIpc) is 3.20. The van der Waals surface area contributed by atoms with Gasteiger partial charge in [0.25, 0.3) is 0 Å². The minimum Gasteiger partial charge on any atom is -0.462 e. The lowest BCUT2D eigenvalue weighted by Gasteiger charge is -2.18. The molecule has 0 fully saturated rings. The van der Waals surface area contributed by atoms with Crippen molar-refractivity contribution in [1.82, 2.24) is 0 Å². The van der Waals surface area contributed by atoms with Gasteiger partial charge in [0, 0.05) is 19.4 Å². The maximum Gasteiger partial charge on any atom is 0.306 e. The highest BCUT2D eigenvalue weighted by molar-refractivity contribution is 5.70. The lowest BCUT2D eigenvalue weighted by Crippen LogP contribution is -2.30. The molecule has 0 aliphatic heterocycles. The Bertz CT molecular complexity index is 893. The number of allylic oxidation sites excluding steroid dienone is 6. The van der Waals surface area contributed by atoms with Gasteiger partial charge in [-0.25, -0.2) is 0 Å². The third-order valence-electron chi connectivity index (χ3n) is 10.6. The summed E-state index contributed by atoms with van der Waals surface area (Å²) in [4.78, 5) is 25.1. The second-order valence-corrected chi connectivity index (χ2v) is 16.4. The second kappa shape index (κ2) is 47.5. The lowest BCUT2D eigenvalue weighted by atomic mass is 10.1. The summed E-state index contributed by atoms with van der Waals surface area (Å²) in [6, 6.07) is 0. The Balaban J connectivity index is 4.08. The maximum absolute atomic E-state index is 12.6. The van der Waals surface area contributed by atoms with Gasteiger partial charge in [-0.1, -0.05) is 205 Å². The van der Waals surface area contributed by atoms with E-state index in [1.165, 1.54) is 161 Å². The zero-order valence-electron chi connectivity index (χ0n) is 37.7. The van der Waals surface area contributed by atoms with Crippen LogP contribution in [0.3, 0.4) is 0 Å². The van der Waals surface area contributed by atoms with Crippen molar-refractivity contribution in [1.29, 1.82) is 0 Å². The lowest BCUT2D eigenvalue weighted by molar-refractivity contribution is -0.163. The monoisotopic (exact) mass is 787 g/mol. The predicted octanol–water partition coefficient (Wildman–Crippen LogP) is 16.2. The minimum atomic E-state index is -0.535. The Hall–Kier alpha value is -1.88. The van der Waals surface area contributed by atoms with E-state index in [0.29, 0.717) is 19.4 Å².